The number of hydrogen-bond donors (Lipinski definition) is 8. The molecule has 1 fully saturated rings. The Morgan fingerprint density at radius 3 is 1.20 bits per heavy atom. The van der Waals surface area contributed by atoms with Crippen molar-refractivity contribution < 1.29 is 50.0 Å². The van der Waals surface area contributed by atoms with E-state index >= 15 is 0 Å². The van der Waals surface area contributed by atoms with Crippen LogP contribution in [0.3, 0.4) is 0 Å². The number of aliphatic hydroxyl groups is 7. The van der Waals surface area contributed by atoms with Crippen LogP contribution in [0.5, 0.6) is 0 Å². The van der Waals surface area contributed by atoms with Crippen LogP contribution in [0.15, 0.2) is 12.2 Å². The maximum absolute atomic E-state index is 13.1. The van der Waals surface area contributed by atoms with Crippen molar-refractivity contribution in [2.24, 2.45) is 0 Å². The van der Waals surface area contributed by atoms with Crippen molar-refractivity contribution in [2.45, 2.75) is 351 Å². The van der Waals surface area contributed by atoms with E-state index in [9.17, 15) is 40.5 Å². The van der Waals surface area contributed by atoms with Gasteiger partial charge in [-0.1, -0.05) is 270 Å². The highest BCUT2D eigenvalue weighted by atomic mass is 16.7. The molecule has 422 valence electrons. The molecule has 1 aliphatic rings. The second kappa shape index (κ2) is 49.7. The molecule has 1 amide bonds. The largest absolute Gasteiger partial charge is 0.394 e. The second-order valence-electron chi connectivity index (χ2n) is 21.8. The molecular formula is C60H117NO10. The molecule has 0 aromatic heterocycles. The Labute approximate surface area is 436 Å². The van der Waals surface area contributed by atoms with Crippen molar-refractivity contribution in [1.82, 2.24) is 5.32 Å². The van der Waals surface area contributed by atoms with E-state index < -0.39 is 74.2 Å². The Morgan fingerprint density at radius 1 is 0.479 bits per heavy atom. The van der Waals surface area contributed by atoms with Crippen molar-refractivity contribution >= 4 is 5.91 Å². The molecule has 0 saturated carbocycles. The van der Waals surface area contributed by atoms with Crippen LogP contribution in [-0.2, 0) is 14.3 Å². The Bertz CT molecular complexity index is 1160. The zero-order valence-corrected chi connectivity index (χ0v) is 46.2. The number of nitrogens with one attached hydrogen (secondary N) is 1. The number of carbonyl (C=O) groups is 1. The maximum atomic E-state index is 13.1. The van der Waals surface area contributed by atoms with Crippen LogP contribution in [0.1, 0.15) is 296 Å². The number of rotatable bonds is 53. The summed E-state index contributed by atoms with van der Waals surface area (Å²) in [6, 6.07) is -1.17. The molecule has 0 aromatic carbocycles. The molecule has 11 nitrogen and oxygen atoms in total. The summed E-state index contributed by atoms with van der Waals surface area (Å²) in [5.74, 6) is -0.710. The molecule has 8 N–H and O–H groups in total. The molecule has 9 unspecified atom stereocenters. The third kappa shape index (κ3) is 38.1. The molecule has 0 spiro atoms. The highest BCUT2D eigenvalue weighted by Crippen LogP contribution is 2.24. The van der Waals surface area contributed by atoms with Crippen LogP contribution >= 0.6 is 0 Å². The fraction of sp³-hybridized carbons (Fsp3) is 0.950. The molecule has 0 bridgehead atoms. The number of allylic oxidation sites excluding steroid dienone is 2. The molecule has 9 atom stereocenters. The minimum atomic E-state index is -1.66. The summed E-state index contributed by atoms with van der Waals surface area (Å²) in [4.78, 5) is 13.1. The Balaban J connectivity index is 2.17. The van der Waals surface area contributed by atoms with Gasteiger partial charge in [0.2, 0.25) is 5.91 Å². The van der Waals surface area contributed by atoms with Gasteiger partial charge in [-0.2, -0.15) is 0 Å². The zero-order valence-electron chi connectivity index (χ0n) is 46.2. The summed E-state index contributed by atoms with van der Waals surface area (Å²) in [7, 11) is 0. The van der Waals surface area contributed by atoms with E-state index in [1.807, 2.05) is 0 Å². The number of amides is 1. The average Bonchev–Trinajstić information content (AvgIpc) is 3.37. The molecule has 1 rings (SSSR count). The third-order valence-corrected chi connectivity index (χ3v) is 15.1. The predicted molar refractivity (Wildman–Crippen MR) is 293 cm³/mol. The van der Waals surface area contributed by atoms with Crippen molar-refractivity contribution in [3.63, 3.8) is 0 Å². The summed E-state index contributed by atoms with van der Waals surface area (Å²) < 4.78 is 11.1. The quantitative estimate of drug-likeness (QED) is 0.0215. The van der Waals surface area contributed by atoms with E-state index in [-0.39, 0.29) is 6.42 Å². The smallest absolute Gasteiger partial charge is 0.249 e. The van der Waals surface area contributed by atoms with Crippen molar-refractivity contribution in [2.75, 3.05) is 13.2 Å². The van der Waals surface area contributed by atoms with E-state index in [1.54, 1.807) is 0 Å². The van der Waals surface area contributed by atoms with Gasteiger partial charge in [-0.15, -0.1) is 0 Å². The molecule has 1 aliphatic heterocycles. The average molecular weight is 1010 g/mol. The van der Waals surface area contributed by atoms with Gasteiger partial charge in [-0.05, 0) is 38.5 Å². The lowest BCUT2D eigenvalue weighted by molar-refractivity contribution is -0.303. The van der Waals surface area contributed by atoms with Crippen LogP contribution in [0, 0.1) is 0 Å². The molecule has 0 aromatic rings. The van der Waals surface area contributed by atoms with Gasteiger partial charge in [0.1, 0.15) is 36.6 Å². The van der Waals surface area contributed by atoms with E-state index in [0.29, 0.717) is 19.3 Å². The number of unbranched alkanes of at least 4 members (excludes halogenated alkanes) is 39. The Hall–Kier alpha value is -1.15. The van der Waals surface area contributed by atoms with Gasteiger partial charge in [0.05, 0.1) is 25.4 Å². The molecular weight excluding hydrogens is 895 g/mol. The lowest BCUT2D eigenvalue weighted by Crippen LogP contribution is -2.60. The first-order valence-corrected chi connectivity index (χ1v) is 30.6. The van der Waals surface area contributed by atoms with Crippen LogP contribution < -0.4 is 5.32 Å². The topological polar surface area (TPSA) is 189 Å². The number of hydrogen-bond acceptors (Lipinski definition) is 10. The SMILES string of the molecule is CCCCCCCC/C=C\CCCCC(O)C(=O)NC(COC1OC(CO)C(O)C(O)C1O)C(O)C(O)CCCCCCCCCCCCCCCCCCCCCCCCCCCCCCCCCC. The van der Waals surface area contributed by atoms with Crippen LogP contribution in [0.4, 0.5) is 0 Å². The van der Waals surface area contributed by atoms with Gasteiger partial charge in [0, 0.05) is 0 Å². The molecule has 0 radical (unpaired) electrons. The van der Waals surface area contributed by atoms with Crippen LogP contribution in [0.2, 0.25) is 0 Å². The van der Waals surface area contributed by atoms with Gasteiger partial charge in [0.25, 0.3) is 0 Å². The number of aliphatic hydroxyl groups excluding tert-OH is 7. The number of carbonyl (C=O) groups excluding carboxylic acids is 1. The summed E-state index contributed by atoms with van der Waals surface area (Å²) in [5.41, 5.74) is 0. The minimum Gasteiger partial charge on any atom is -0.394 e. The fourth-order valence-electron chi connectivity index (χ4n) is 10.1. The molecule has 1 heterocycles. The summed E-state index contributed by atoms with van der Waals surface area (Å²) in [6.45, 7) is 3.46. The van der Waals surface area contributed by atoms with E-state index in [0.717, 1.165) is 38.5 Å². The van der Waals surface area contributed by atoms with Gasteiger partial charge in [0.15, 0.2) is 6.29 Å². The minimum absolute atomic E-state index is 0.232. The van der Waals surface area contributed by atoms with Gasteiger partial charge >= 0.3 is 0 Å². The van der Waals surface area contributed by atoms with E-state index in [4.69, 9.17) is 9.47 Å². The van der Waals surface area contributed by atoms with Gasteiger partial charge < -0.3 is 50.5 Å². The lowest BCUT2D eigenvalue weighted by atomic mass is 9.98. The van der Waals surface area contributed by atoms with Crippen LogP contribution in [-0.4, -0.2) is 110 Å². The highest BCUT2D eigenvalue weighted by molar-refractivity contribution is 5.80. The normalized spacial score (nSPS) is 20.2. The van der Waals surface area contributed by atoms with Gasteiger partial charge in [-0.3, -0.25) is 4.79 Å². The maximum Gasteiger partial charge on any atom is 0.249 e. The zero-order chi connectivity index (χ0) is 51.8. The standard InChI is InChI=1S/C60H117NO10/c1-3-5-7-9-11-13-15-17-18-19-20-21-22-23-24-25-26-27-28-29-30-31-32-33-34-35-36-38-39-41-43-45-47-52(63)55(65)51(50-70-60-58(68)57(67)56(66)54(49-62)71-60)61-59(69)53(64)48-46-44-42-40-37-16-14-12-10-8-6-4-2/h37,40,51-58,60,62-68H,3-36,38-39,41-50H2,1-2H3,(H,61,69)/b40-37-. The number of ether oxygens (including phenoxy) is 2. The summed E-state index contributed by atoms with van der Waals surface area (Å²) in [5, 5.41) is 76.0. The lowest BCUT2D eigenvalue weighted by Gasteiger charge is -2.40. The molecule has 11 heteroatoms. The first-order chi connectivity index (χ1) is 34.7. The summed E-state index contributed by atoms with van der Waals surface area (Å²) in [6.07, 6.45) is 47.3. The third-order valence-electron chi connectivity index (χ3n) is 15.1. The van der Waals surface area contributed by atoms with Crippen LogP contribution in [0.25, 0.3) is 0 Å². The fourth-order valence-corrected chi connectivity index (χ4v) is 10.1. The predicted octanol–water partition coefficient (Wildman–Crippen LogP) is 13.1. The van der Waals surface area contributed by atoms with Crippen molar-refractivity contribution in [3.05, 3.63) is 12.2 Å². The summed E-state index contributed by atoms with van der Waals surface area (Å²) >= 11 is 0. The van der Waals surface area contributed by atoms with Gasteiger partial charge in [-0.25, -0.2) is 0 Å². The first kappa shape index (κ1) is 67.9. The first-order valence-electron chi connectivity index (χ1n) is 30.6. The van der Waals surface area contributed by atoms with Crippen molar-refractivity contribution in [3.8, 4) is 0 Å². The molecule has 0 aliphatic carbocycles. The second-order valence-corrected chi connectivity index (χ2v) is 21.8. The van der Waals surface area contributed by atoms with E-state index in [1.165, 1.54) is 218 Å². The monoisotopic (exact) mass is 1010 g/mol. The Kier molecular flexibility index (Phi) is 47.5. The Morgan fingerprint density at radius 2 is 0.817 bits per heavy atom. The van der Waals surface area contributed by atoms with E-state index in [2.05, 4.69) is 31.3 Å². The molecule has 1 saturated heterocycles. The highest BCUT2D eigenvalue weighted by Gasteiger charge is 2.44. The molecule has 71 heavy (non-hydrogen) atoms. The van der Waals surface area contributed by atoms with Crippen molar-refractivity contribution in [1.29, 1.82) is 0 Å².